The van der Waals surface area contributed by atoms with Crippen LogP contribution >= 0.6 is 11.8 Å². The molecule has 33 heavy (non-hydrogen) atoms. The van der Waals surface area contributed by atoms with Crippen molar-refractivity contribution in [2.45, 2.75) is 31.2 Å². The third kappa shape index (κ3) is 5.07. The molecule has 2 aliphatic heterocycles. The molecular weight excluding hydrogens is 432 g/mol. The van der Waals surface area contributed by atoms with E-state index in [0.29, 0.717) is 44.0 Å². The molecular formula is C26H30N4O2S. The number of hydrogen-bond donors (Lipinski definition) is 0. The second-order valence-electron chi connectivity index (χ2n) is 8.86. The summed E-state index contributed by atoms with van der Waals surface area (Å²) in [5.74, 6) is 0.617. The predicted octanol–water partition coefficient (Wildman–Crippen LogP) is 3.67. The van der Waals surface area contributed by atoms with E-state index in [4.69, 9.17) is 0 Å². The molecule has 2 aliphatic rings. The SMILES string of the molecule is CC(C)C(C#N)N1CCN(C(=O)c2ccccc2SCC(=O)N2CCc3ccccc32)CC1. The van der Waals surface area contributed by atoms with Gasteiger partial charge in [0.25, 0.3) is 5.91 Å². The molecule has 2 amide bonds. The highest BCUT2D eigenvalue weighted by molar-refractivity contribution is 8.00. The van der Waals surface area contributed by atoms with Crippen LogP contribution in [0.25, 0.3) is 0 Å². The first kappa shape index (κ1) is 23.3. The molecule has 2 aromatic carbocycles. The van der Waals surface area contributed by atoms with Gasteiger partial charge in [-0.2, -0.15) is 5.26 Å². The van der Waals surface area contributed by atoms with E-state index >= 15 is 0 Å². The number of carbonyl (C=O) groups is 2. The largest absolute Gasteiger partial charge is 0.336 e. The number of thioether (sulfide) groups is 1. The standard InChI is InChI=1S/C26H30N4O2S/c1-19(2)23(17-27)28-13-15-29(16-14-28)26(32)21-8-4-6-10-24(21)33-18-25(31)30-12-11-20-7-3-5-9-22(20)30/h3-10,19,23H,11-16,18H2,1-2H3. The molecule has 1 atom stereocenters. The van der Waals surface area contributed by atoms with Gasteiger partial charge in [-0.3, -0.25) is 14.5 Å². The highest BCUT2D eigenvalue weighted by atomic mass is 32.2. The number of rotatable bonds is 6. The van der Waals surface area contributed by atoms with Crippen molar-refractivity contribution in [3.05, 3.63) is 59.7 Å². The number of amides is 2. The molecule has 1 saturated heterocycles. The van der Waals surface area contributed by atoms with E-state index in [1.807, 2.05) is 52.3 Å². The van der Waals surface area contributed by atoms with Crippen molar-refractivity contribution in [1.29, 1.82) is 5.26 Å². The molecule has 6 nitrogen and oxygen atoms in total. The minimum absolute atomic E-state index is 0.00484. The van der Waals surface area contributed by atoms with E-state index in [0.717, 1.165) is 17.0 Å². The van der Waals surface area contributed by atoms with Crippen LogP contribution in [-0.4, -0.2) is 66.1 Å². The fourth-order valence-electron chi connectivity index (χ4n) is 4.61. The van der Waals surface area contributed by atoms with Gasteiger partial charge in [0.05, 0.1) is 17.4 Å². The van der Waals surface area contributed by atoms with Gasteiger partial charge in [0.2, 0.25) is 5.91 Å². The Labute approximate surface area is 200 Å². The first-order valence-corrected chi connectivity index (χ1v) is 12.5. The molecule has 0 N–H and O–H groups in total. The maximum absolute atomic E-state index is 13.3. The lowest BCUT2D eigenvalue weighted by Gasteiger charge is -2.38. The normalized spacial score (nSPS) is 17.0. The van der Waals surface area contributed by atoms with Gasteiger partial charge in [-0.15, -0.1) is 11.8 Å². The summed E-state index contributed by atoms with van der Waals surface area (Å²) in [4.78, 5) is 32.9. The highest BCUT2D eigenvalue weighted by Crippen LogP contribution is 2.30. The molecule has 0 aliphatic carbocycles. The summed E-state index contributed by atoms with van der Waals surface area (Å²) in [5.41, 5.74) is 2.86. The average Bonchev–Trinajstić information content (AvgIpc) is 3.27. The van der Waals surface area contributed by atoms with Gasteiger partial charge in [0.1, 0.15) is 6.04 Å². The summed E-state index contributed by atoms with van der Waals surface area (Å²) in [7, 11) is 0. The Balaban J connectivity index is 1.38. The molecule has 0 saturated carbocycles. The minimum atomic E-state index is -0.119. The third-order valence-electron chi connectivity index (χ3n) is 6.42. The summed E-state index contributed by atoms with van der Waals surface area (Å²) < 4.78 is 0. The molecule has 0 radical (unpaired) electrons. The first-order chi connectivity index (χ1) is 16.0. The molecule has 2 heterocycles. The van der Waals surface area contributed by atoms with Gasteiger partial charge in [0.15, 0.2) is 0 Å². The fraction of sp³-hybridized carbons (Fsp3) is 0.423. The Morgan fingerprint density at radius 1 is 1.00 bits per heavy atom. The van der Waals surface area contributed by atoms with Crippen LogP contribution in [0.4, 0.5) is 5.69 Å². The van der Waals surface area contributed by atoms with Crippen LogP contribution in [0.15, 0.2) is 53.4 Å². The van der Waals surface area contributed by atoms with Crippen molar-refractivity contribution in [3.8, 4) is 6.07 Å². The highest BCUT2D eigenvalue weighted by Gasteiger charge is 2.29. The lowest BCUT2D eigenvalue weighted by atomic mass is 10.0. The number of nitrogens with zero attached hydrogens (tertiary/aromatic N) is 4. The Morgan fingerprint density at radius 3 is 2.42 bits per heavy atom. The first-order valence-electron chi connectivity index (χ1n) is 11.5. The number of benzene rings is 2. The number of fused-ring (bicyclic) bond motifs is 1. The monoisotopic (exact) mass is 462 g/mol. The summed E-state index contributed by atoms with van der Waals surface area (Å²) in [6.07, 6.45) is 0.886. The van der Waals surface area contributed by atoms with Crippen LogP contribution in [0.3, 0.4) is 0 Å². The number of carbonyl (C=O) groups excluding carboxylic acids is 2. The molecule has 1 fully saturated rings. The zero-order valence-electron chi connectivity index (χ0n) is 19.2. The van der Waals surface area contributed by atoms with Crippen molar-refractivity contribution >= 4 is 29.3 Å². The van der Waals surface area contributed by atoms with Crippen LogP contribution in [0, 0.1) is 17.2 Å². The zero-order valence-corrected chi connectivity index (χ0v) is 20.1. The summed E-state index contributed by atoms with van der Waals surface area (Å²) >= 11 is 1.43. The summed E-state index contributed by atoms with van der Waals surface area (Å²) in [6, 6.07) is 17.9. The second-order valence-corrected chi connectivity index (χ2v) is 9.87. The fourth-order valence-corrected chi connectivity index (χ4v) is 5.53. The molecule has 4 rings (SSSR count). The lowest BCUT2D eigenvalue weighted by molar-refractivity contribution is -0.116. The molecule has 2 aromatic rings. The van der Waals surface area contributed by atoms with E-state index < -0.39 is 0 Å². The maximum Gasteiger partial charge on any atom is 0.255 e. The van der Waals surface area contributed by atoms with Gasteiger partial charge in [-0.05, 0) is 36.1 Å². The van der Waals surface area contributed by atoms with Gasteiger partial charge < -0.3 is 9.80 Å². The lowest BCUT2D eigenvalue weighted by Crippen LogP contribution is -2.52. The van der Waals surface area contributed by atoms with E-state index in [1.165, 1.54) is 17.3 Å². The van der Waals surface area contributed by atoms with E-state index in [1.54, 1.807) is 0 Å². The van der Waals surface area contributed by atoms with Crippen LogP contribution in [0.1, 0.15) is 29.8 Å². The van der Waals surface area contributed by atoms with E-state index in [9.17, 15) is 14.9 Å². The van der Waals surface area contributed by atoms with Gasteiger partial charge >= 0.3 is 0 Å². The smallest absolute Gasteiger partial charge is 0.255 e. The number of piperazine rings is 1. The molecule has 0 spiro atoms. The average molecular weight is 463 g/mol. The van der Waals surface area contributed by atoms with Crippen LogP contribution in [-0.2, 0) is 11.2 Å². The Morgan fingerprint density at radius 2 is 1.70 bits per heavy atom. The van der Waals surface area contributed by atoms with Gasteiger partial charge in [-0.25, -0.2) is 0 Å². The van der Waals surface area contributed by atoms with Crippen molar-refractivity contribution in [1.82, 2.24) is 9.80 Å². The van der Waals surface area contributed by atoms with Crippen molar-refractivity contribution in [2.24, 2.45) is 5.92 Å². The van der Waals surface area contributed by atoms with Crippen molar-refractivity contribution in [2.75, 3.05) is 43.4 Å². The topological polar surface area (TPSA) is 67.6 Å². The number of hydrogen-bond acceptors (Lipinski definition) is 5. The zero-order chi connectivity index (χ0) is 23.4. The Bertz CT molecular complexity index is 1060. The van der Waals surface area contributed by atoms with Crippen molar-refractivity contribution < 1.29 is 9.59 Å². The van der Waals surface area contributed by atoms with E-state index in [2.05, 4.69) is 30.9 Å². The summed E-state index contributed by atoms with van der Waals surface area (Å²) in [5, 5.41) is 9.47. The van der Waals surface area contributed by atoms with Gasteiger partial charge in [-0.1, -0.05) is 44.2 Å². The Kier molecular flexibility index (Phi) is 7.36. The second kappa shape index (κ2) is 10.4. The number of para-hydroxylation sites is 1. The van der Waals surface area contributed by atoms with Crippen LogP contribution < -0.4 is 4.90 Å². The van der Waals surface area contributed by atoms with Gasteiger partial charge in [0, 0.05) is 43.3 Å². The molecule has 0 bridgehead atoms. The Hall–Kier alpha value is -2.82. The van der Waals surface area contributed by atoms with E-state index in [-0.39, 0.29) is 23.8 Å². The molecule has 7 heteroatoms. The minimum Gasteiger partial charge on any atom is -0.336 e. The quantitative estimate of drug-likeness (QED) is 0.613. The predicted molar refractivity (Wildman–Crippen MR) is 131 cm³/mol. The number of anilines is 1. The third-order valence-corrected chi connectivity index (χ3v) is 7.47. The molecule has 0 aromatic heterocycles. The van der Waals surface area contributed by atoms with Crippen molar-refractivity contribution in [3.63, 3.8) is 0 Å². The maximum atomic E-state index is 13.3. The van der Waals surface area contributed by atoms with Crippen LogP contribution in [0.5, 0.6) is 0 Å². The summed E-state index contributed by atoms with van der Waals surface area (Å²) in [6.45, 7) is 7.43. The molecule has 1 unspecified atom stereocenters. The molecule has 172 valence electrons. The van der Waals surface area contributed by atoms with Crippen LogP contribution in [0.2, 0.25) is 0 Å². The number of nitriles is 1.